The van der Waals surface area contributed by atoms with Crippen LogP contribution >= 0.6 is 11.6 Å². The fourth-order valence-corrected chi connectivity index (χ4v) is 3.26. The zero-order valence-electron chi connectivity index (χ0n) is 14.8. The molecule has 2 heterocycles. The molecule has 0 spiro atoms. The van der Waals surface area contributed by atoms with Crippen molar-refractivity contribution in [1.29, 1.82) is 0 Å². The molecule has 0 unspecified atom stereocenters. The Balaban J connectivity index is 1.32. The van der Waals surface area contributed by atoms with Crippen molar-refractivity contribution in [2.24, 2.45) is 0 Å². The van der Waals surface area contributed by atoms with Crippen molar-refractivity contribution in [3.8, 4) is 11.5 Å². The third kappa shape index (κ3) is 4.48. The number of hydrogen-bond donors (Lipinski definition) is 2. The van der Waals surface area contributed by atoms with Gasteiger partial charge < -0.3 is 15.0 Å². The lowest BCUT2D eigenvalue weighted by molar-refractivity contribution is 0.479. The topological polar surface area (TPSA) is 49.9 Å². The Labute approximate surface area is 163 Å². The highest BCUT2D eigenvalue weighted by molar-refractivity contribution is 6.31. The van der Waals surface area contributed by atoms with Gasteiger partial charge >= 0.3 is 0 Å². The van der Waals surface area contributed by atoms with E-state index in [9.17, 15) is 0 Å². The smallest absolute Gasteiger partial charge is 0.145 e. The molecule has 0 radical (unpaired) electrons. The first-order valence-corrected chi connectivity index (χ1v) is 9.29. The monoisotopic (exact) mass is 377 g/mol. The van der Waals surface area contributed by atoms with Crippen LogP contribution in [-0.2, 0) is 13.0 Å². The van der Waals surface area contributed by atoms with Gasteiger partial charge in [0.25, 0.3) is 0 Å². The van der Waals surface area contributed by atoms with E-state index >= 15 is 0 Å². The van der Waals surface area contributed by atoms with Crippen LogP contribution in [0.4, 0.5) is 0 Å². The molecule has 2 aromatic carbocycles. The molecular weight excluding hydrogens is 358 g/mol. The van der Waals surface area contributed by atoms with Gasteiger partial charge in [0, 0.05) is 34.9 Å². The number of ether oxygens (including phenoxy) is 1. The van der Waals surface area contributed by atoms with E-state index in [0.29, 0.717) is 0 Å². The third-order valence-electron chi connectivity index (χ3n) is 4.40. The number of nitrogens with one attached hydrogen (secondary N) is 2. The maximum Gasteiger partial charge on any atom is 0.145 e. The molecule has 0 bridgehead atoms. The van der Waals surface area contributed by atoms with Gasteiger partial charge in [-0.15, -0.1) is 0 Å². The van der Waals surface area contributed by atoms with E-state index in [0.717, 1.165) is 41.5 Å². The molecule has 5 heteroatoms. The number of halogens is 1. The van der Waals surface area contributed by atoms with Crippen molar-refractivity contribution in [2.75, 3.05) is 6.54 Å². The van der Waals surface area contributed by atoms with Gasteiger partial charge in [-0.25, -0.2) is 0 Å². The molecule has 0 saturated heterocycles. The van der Waals surface area contributed by atoms with Crippen molar-refractivity contribution in [1.82, 2.24) is 15.3 Å². The van der Waals surface area contributed by atoms with Gasteiger partial charge in [-0.1, -0.05) is 29.8 Å². The largest absolute Gasteiger partial charge is 0.456 e. The number of rotatable bonds is 7. The summed E-state index contributed by atoms with van der Waals surface area (Å²) in [4.78, 5) is 7.35. The van der Waals surface area contributed by atoms with Crippen LogP contribution in [0.25, 0.3) is 10.9 Å². The van der Waals surface area contributed by atoms with Crippen LogP contribution in [0, 0.1) is 0 Å². The van der Waals surface area contributed by atoms with Crippen molar-refractivity contribution < 1.29 is 4.74 Å². The minimum absolute atomic E-state index is 0.738. The number of fused-ring (bicyclic) bond motifs is 1. The third-order valence-corrected chi connectivity index (χ3v) is 4.63. The van der Waals surface area contributed by atoms with Crippen LogP contribution < -0.4 is 10.1 Å². The SMILES string of the molecule is Clc1ccc2c(CCNCc3cccc(Oc4cccnc4)c3)c[nH]c2c1. The summed E-state index contributed by atoms with van der Waals surface area (Å²) in [6.45, 7) is 1.68. The first-order valence-electron chi connectivity index (χ1n) is 8.91. The van der Waals surface area contributed by atoms with Gasteiger partial charge in [0.2, 0.25) is 0 Å². The molecule has 136 valence electrons. The standard InChI is InChI=1S/C22H20ClN3O/c23-18-6-7-21-17(14-26-22(21)12-18)8-10-25-13-16-3-1-4-19(11-16)27-20-5-2-9-24-15-20/h1-7,9,11-12,14-15,25-26H,8,10,13H2. The Bertz CT molecular complexity index is 1030. The molecule has 0 saturated carbocycles. The minimum Gasteiger partial charge on any atom is -0.456 e. The van der Waals surface area contributed by atoms with Gasteiger partial charge in [0.15, 0.2) is 0 Å². The number of nitrogens with zero attached hydrogens (tertiary/aromatic N) is 1. The highest BCUT2D eigenvalue weighted by Gasteiger charge is 2.04. The summed E-state index contributed by atoms with van der Waals surface area (Å²) in [5.41, 5.74) is 3.56. The number of aromatic nitrogens is 2. The average molecular weight is 378 g/mol. The van der Waals surface area contributed by atoms with Crippen molar-refractivity contribution in [3.63, 3.8) is 0 Å². The lowest BCUT2D eigenvalue weighted by atomic mass is 10.1. The number of pyridine rings is 1. The predicted octanol–water partition coefficient (Wildman–Crippen LogP) is 5.34. The summed E-state index contributed by atoms with van der Waals surface area (Å²) in [5.74, 6) is 1.55. The van der Waals surface area contributed by atoms with Gasteiger partial charge in [-0.3, -0.25) is 4.98 Å². The Hall–Kier alpha value is -2.82. The molecule has 0 amide bonds. The van der Waals surface area contributed by atoms with Crippen LogP contribution in [0.2, 0.25) is 5.02 Å². The van der Waals surface area contributed by atoms with E-state index in [-0.39, 0.29) is 0 Å². The quantitative estimate of drug-likeness (QED) is 0.427. The van der Waals surface area contributed by atoms with E-state index in [1.807, 2.05) is 42.5 Å². The molecule has 0 aliphatic carbocycles. The zero-order chi connectivity index (χ0) is 18.5. The molecule has 4 nitrogen and oxygen atoms in total. The Morgan fingerprint density at radius 3 is 2.85 bits per heavy atom. The highest BCUT2D eigenvalue weighted by atomic mass is 35.5. The molecule has 0 aliphatic heterocycles. The summed E-state index contributed by atoms with van der Waals surface area (Å²) in [7, 11) is 0. The van der Waals surface area contributed by atoms with Crippen molar-refractivity contribution in [2.45, 2.75) is 13.0 Å². The molecule has 4 rings (SSSR count). The van der Waals surface area contributed by atoms with Crippen LogP contribution in [0.1, 0.15) is 11.1 Å². The van der Waals surface area contributed by atoms with E-state index in [1.54, 1.807) is 12.4 Å². The molecular formula is C22H20ClN3O. The minimum atomic E-state index is 0.738. The summed E-state index contributed by atoms with van der Waals surface area (Å²) in [6.07, 6.45) is 6.45. The molecule has 2 aromatic heterocycles. The zero-order valence-corrected chi connectivity index (χ0v) is 15.5. The number of H-pyrrole nitrogens is 1. The normalized spacial score (nSPS) is 11.0. The van der Waals surface area contributed by atoms with E-state index in [2.05, 4.69) is 33.6 Å². The predicted molar refractivity (Wildman–Crippen MR) is 109 cm³/mol. The summed E-state index contributed by atoms with van der Waals surface area (Å²) in [5, 5.41) is 5.48. The van der Waals surface area contributed by atoms with E-state index in [1.165, 1.54) is 16.5 Å². The number of hydrogen-bond acceptors (Lipinski definition) is 3. The van der Waals surface area contributed by atoms with Gasteiger partial charge in [0.1, 0.15) is 11.5 Å². The highest BCUT2D eigenvalue weighted by Crippen LogP contribution is 2.23. The van der Waals surface area contributed by atoms with Crippen LogP contribution in [0.5, 0.6) is 11.5 Å². The molecule has 0 fully saturated rings. The summed E-state index contributed by atoms with van der Waals surface area (Å²) in [6, 6.07) is 17.8. The Kier molecular flexibility index (Phi) is 5.37. The maximum atomic E-state index is 6.04. The van der Waals surface area contributed by atoms with Gasteiger partial charge in [-0.2, -0.15) is 0 Å². The van der Waals surface area contributed by atoms with Crippen molar-refractivity contribution >= 4 is 22.5 Å². The molecule has 2 N–H and O–H groups in total. The molecule has 0 aliphatic rings. The first-order chi connectivity index (χ1) is 13.3. The lowest BCUT2D eigenvalue weighted by Gasteiger charge is -2.08. The Morgan fingerprint density at radius 1 is 1.04 bits per heavy atom. The van der Waals surface area contributed by atoms with Gasteiger partial charge in [-0.05, 0) is 60.5 Å². The van der Waals surface area contributed by atoms with Crippen molar-refractivity contribution in [3.05, 3.63) is 89.3 Å². The van der Waals surface area contributed by atoms with E-state index in [4.69, 9.17) is 16.3 Å². The molecule has 27 heavy (non-hydrogen) atoms. The van der Waals surface area contributed by atoms with Crippen LogP contribution in [0.15, 0.2) is 73.2 Å². The molecule has 4 aromatic rings. The van der Waals surface area contributed by atoms with Gasteiger partial charge in [0.05, 0.1) is 6.20 Å². The maximum absolute atomic E-state index is 6.04. The fourth-order valence-electron chi connectivity index (χ4n) is 3.08. The van der Waals surface area contributed by atoms with Crippen LogP contribution in [-0.4, -0.2) is 16.5 Å². The van der Waals surface area contributed by atoms with Crippen LogP contribution in [0.3, 0.4) is 0 Å². The second kappa shape index (κ2) is 8.25. The number of benzene rings is 2. The lowest BCUT2D eigenvalue weighted by Crippen LogP contribution is -2.16. The summed E-state index contributed by atoms with van der Waals surface area (Å²) >= 11 is 6.04. The van der Waals surface area contributed by atoms with E-state index < -0.39 is 0 Å². The first kappa shape index (κ1) is 17.6. The fraction of sp³-hybridized carbons (Fsp3) is 0.136. The number of aromatic amines is 1. The Morgan fingerprint density at radius 2 is 1.96 bits per heavy atom. The average Bonchev–Trinajstić information content (AvgIpc) is 3.08. The molecule has 0 atom stereocenters. The summed E-state index contributed by atoms with van der Waals surface area (Å²) < 4.78 is 5.84. The second-order valence-corrected chi connectivity index (χ2v) is 6.81. The second-order valence-electron chi connectivity index (χ2n) is 6.37.